The van der Waals surface area contributed by atoms with Crippen LogP contribution in [-0.4, -0.2) is 24.2 Å². The second-order valence-electron chi connectivity index (χ2n) is 4.62. The smallest absolute Gasteiger partial charge is 0.119 e. The summed E-state index contributed by atoms with van der Waals surface area (Å²) in [4.78, 5) is 6.35. The maximum Gasteiger partial charge on any atom is 0.119 e. The van der Waals surface area contributed by atoms with E-state index in [1.807, 2.05) is 55.3 Å². The summed E-state index contributed by atoms with van der Waals surface area (Å²) in [5.41, 5.74) is 2.73. The number of hydrogen-bond acceptors (Lipinski definition) is 4. The predicted octanol–water partition coefficient (Wildman–Crippen LogP) is 3.30. The summed E-state index contributed by atoms with van der Waals surface area (Å²) in [6.07, 6.45) is 1.95. The third kappa shape index (κ3) is 3.08. The van der Waals surface area contributed by atoms with Crippen LogP contribution < -0.4 is 9.64 Å². The molecular weight excluding hydrogens is 252 g/mol. The fraction of sp³-hybridized carbons (Fsp3) is 0.312. The molecule has 2 rings (SSSR count). The minimum absolute atomic E-state index is 0.490. The average molecular weight is 272 g/mol. The van der Waals surface area contributed by atoms with Crippen LogP contribution in [0.5, 0.6) is 5.75 Å². The topological polar surface area (TPSA) is 45.6 Å². The van der Waals surface area contributed by atoms with Crippen molar-refractivity contribution in [2.45, 2.75) is 19.4 Å². The van der Waals surface area contributed by atoms with Crippen LogP contribution in [0.25, 0.3) is 0 Å². The van der Waals surface area contributed by atoms with E-state index in [-0.39, 0.29) is 0 Å². The van der Waals surface area contributed by atoms with Gasteiger partial charge in [0.2, 0.25) is 0 Å². The Balaban J connectivity index is 2.17. The first kappa shape index (κ1) is 14.3. The Morgan fingerprint density at radius 2 is 1.80 bits per heavy atom. The third-order valence-electron chi connectivity index (χ3n) is 3.35. The molecular formula is C16H20N2O2. The lowest BCUT2D eigenvalue weighted by Crippen LogP contribution is -2.10. The number of rotatable bonds is 5. The molecule has 1 N–H and O–H groups in total. The van der Waals surface area contributed by atoms with Crippen molar-refractivity contribution in [2.24, 2.45) is 0 Å². The molecule has 20 heavy (non-hydrogen) atoms. The number of aliphatic hydroxyl groups excluding tert-OH is 1. The standard InChI is InChI=1S/C16H20N2O2/c1-4-16(19)15-10-7-13(11-17-15)18(2)12-5-8-14(20-3)9-6-12/h5-11,16,19H,4H2,1-3H3/t16-/m1/s1. The lowest BCUT2D eigenvalue weighted by Gasteiger charge is -2.20. The lowest BCUT2D eigenvalue weighted by molar-refractivity contribution is 0.169. The van der Waals surface area contributed by atoms with Crippen LogP contribution in [0, 0.1) is 0 Å². The number of benzene rings is 1. The molecule has 106 valence electrons. The van der Waals surface area contributed by atoms with E-state index in [0.717, 1.165) is 17.1 Å². The van der Waals surface area contributed by atoms with Gasteiger partial charge in [-0.15, -0.1) is 0 Å². The molecule has 0 unspecified atom stereocenters. The number of hydrogen-bond donors (Lipinski definition) is 1. The molecule has 0 radical (unpaired) electrons. The minimum atomic E-state index is -0.490. The first-order valence-electron chi connectivity index (χ1n) is 6.67. The van der Waals surface area contributed by atoms with Gasteiger partial charge < -0.3 is 14.7 Å². The number of pyridine rings is 1. The third-order valence-corrected chi connectivity index (χ3v) is 3.35. The van der Waals surface area contributed by atoms with Gasteiger partial charge in [0.25, 0.3) is 0 Å². The lowest BCUT2D eigenvalue weighted by atomic mass is 10.2. The Kier molecular flexibility index (Phi) is 4.58. The highest BCUT2D eigenvalue weighted by molar-refractivity contribution is 5.62. The normalized spacial score (nSPS) is 12.0. The number of aromatic nitrogens is 1. The van der Waals surface area contributed by atoms with Gasteiger partial charge in [0.05, 0.1) is 30.8 Å². The van der Waals surface area contributed by atoms with Crippen molar-refractivity contribution in [3.05, 3.63) is 48.3 Å². The summed E-state index contributed by atoms with van der Waals surface area (Å²) in [5.74, 6) is 0.835. The summed E-state index contributed by atoms with van der Waals surface area (Å²) in [6.45, 7) is 1.93. The highest BCUT2D eigenvalue weighted by atomic mass is 16.5. The monoisotopic (exact) mass is 272 g/mol. The fourth-order valence-corrected chi connectivity index (χ4v) is 1.96. The molecule has 0 saturated heterocycles. The van der Waals surface area contributed by atoms with Crippen LogP contribution in [0.1, 0.15) is 25.1 Å². The van der Waals surface area contributed by atoms with Gasteiger partial charge in [0.15, 0.2) is 0 Å². The molecule has 2 aromatic rings. The summed E-state index contributed by atoms with van der Waals surface area (Å²) >= 11 is 0. The second kappa shape index (κ2) is 6.39. The molecule has 0 bridgehead atoms. The Morgan fingerprint density at radius 3 is 2.30 bits per heavy atom. The fourth-order valence-electron chi connectivity index (χ4n) is 1.96. The van der Waals surface area contributed by atoms with Crippen LogP contribution in [0.15, 0.2) is 42.6 Å². The van der Waals surface area contributed by atoms with E-state index in [9.17, 15) is 5.11 Å². The number of anilines is 2. The van der Waals surface area contributed by atoms with Crippen molar-refractivity contribution >= 4 is 11.4 Å². The molecule has 0 spiro atoms. The molecule has 0 aliphatic carbocycles. The summed E-state index contributed by atoms with van der Waals surface area (Å²) in [5, 5.41) is 9.74. The maximum atomic E-state index is 9.74. The van der Waals surface area contributed by atoms with Crippen LogP contribution in [0.3, 0.4) is 0 Å². The Labute approximate surface area is 119 Å². The minimum Gasteiger partial charge on any atom is -0.497 e. The molecule has 4 nitrogen and oxygen atoms in total. The van der Waals surface area contributed by atoms with Gasteiger partial charge in [-0.25, -0.2) is 0 Å². The van der Waals surface area contributed by atoms with Crippen molar-refractivity contribution < 1.29 is 9.84 Å². The molecule has 1 atom stereocenters. The van der Waals surface area contributed by atoms with Gasteiger partial charge in [-0.05, 0) is 42.8 Å². The van der Waals surface area contributed by atoms with Gasteiger partial charge in [-0.1, -0.05) is 6.92 Å². The Bertz CT molecular complexity index is 537. The molecule has 1 aromatic heterocycles. The van der Waals surface area contributed by atoms with Gasteiger partial charge in [0.1, 0.15) is 5.75 Å². The van der Waals surface area contributed by atoms with E-state index in [1.165, 1.54) is 0 Å². The van der Waals surface area contributed by atoms with Crippen LogP contribution >= 0.6 is 0 Å². The van der Waals surface area contributed by atoms with E-state index < -0.39 is 6.10 Å². The molecule has 0 aliphatic heterocycles. The first-order valence-corrected chi connectivity index (χ1v) is 6.67. The highest BCUT2D eigenvalue weighted by Crippen LogP contribution is 2.26. The van der Waals surface area contributed by atoms with E-state index in [0.29, 0.717) is 12.1 Å². The van der Waals surface area contributed by atoms with Gasteiger partial charge in [-0.2, -0.15) is 0 Å². The number of ether oxygens (including phenoxy) is 1. The molecule has 1 heterocycles. The van der Waals surface area contributed by atoms with Gasteiger partial charge >= 0.3 is 0 Å². The van der Waals surface area contributed by atoms with E-state index in [4.69, 9.17) is 4.74 Å². The highest BCUT2D eigenvalue weighted by Gasteiger charge is 2.08. The largest absolute Gasteiger partial charge is 0.497 e. The van der Waals surface area contributed by atoms with Gasteiger partial charge in [-0.3, -0.25) is 4.98 Å². The quantitative estimate of drug-likeness (QED) is 0.907. The summed E-state index contributed by atoms with van der Waals surface area (Å²) in [7, 11) is 3.63. The predicted molar refractivity (Wildman–Crippen MR) is 80.5 cm³/mol. The van der Waals surface area contributed by atoms with Crippen molar-refractivity contribution in [3.8, 4) is 5.75 Å². The summed E-state index contributed by atoms with van der Waals surface area (Å²) < 4.78 is 5.15. The van der Waals surface area contributed by atoms with Crippen LogP contribution in [-0.2, 0) is 0 Å². The van der Waals surface area contributed by atoms with Crippen molar-refractivity contribution in [3.63, 3.8) is 0 Å². The van der Waals surface area contributed by atoms with Crippen molar-refractivity contribution in [1.29, 1.82) is 0 Å². The first-order chi connectivity index (χ1) is 9.65. The SMILES string of the molecule is CC[C@@H](O)c1ccc(N(C)c2ccc(OC)cc2)cn1. The number of nitrogens with zero attached hydrogens (tertiary/aromatic N) is 2. The Hall–Kier alpha value is -2.07. The Morgan fingerprint density at radius 1 is 1.15 bits per heavy atom. The van der Waals surface area contributed by atoms with E-state index >= 15 is 0 Å². The molecule has 0 saturated carbocycles. The average Bonchev–Trinajstić information content (AvgIpc) is 2.53. The van der Waals surface area contributed by atoms with E-state index in [2.05, 4.69) is 4.98 Å². The molecule has 0 amide bonds. The zero-order valence-corrected chi connectivity index (χ0v) is 12.1. The zero-order chi connectivity index (χ0) is 14.5. The summed E-state index contributed by atoms with van der Waals surface area (Å²) in [6, 6.07) is 11.7. The van der Waals surface area contributed by atoms with Gasteiger partial charge in [0, 0.05) is 12.7 Å². The second-order valence-corrected chi connectivity index (χ2v) is 4.62. The molecule has 1 aromatic carbocycles. The number of aliphatic hydroxyl groups is 1. The molecule has 0 aliphatic rings. The molecule has 4 heteroatoms. The maximum absolute atomic E-state index is 9.74. The zero-order valence-electron chi connectivity index (χ0n) is 12.1. The van der Waals surface area contributed by atoms with Crippen molar-refractivity contribution in [1.82, 2.24) is 4.98 Å². The van der Waals surface area contributed by atoms with Crippen LogP contribution in [0.2, 0.25) is 0 Å². The van der Waals surface area contributed by atoms with Crippen molar-refractivity contribution in [2.75, 3.05) is 19.1 Å². The van der Waals surface area contributed by atoms with Crippen LogP contribution in [0.4, 0.5) is 11.4 Å². The molecule has 0 fully saturated rings. The van der Waals surface area contributed by atoms with E-state index in [1.54, 1.807) is 13.3 Å². The number of methoxy groups -OCH3 is 1.